The summed E-state index contributed by atoms with van der Waals surface area (Å²) in [6.07, 6.45) is 0.670. The molecule has 2 rings (SSSR count). The molecule has 1 aromatic rings. The van der Waals surface area contributed by atoms with E-state index < -0.39 is 22.8 Å². The fraction of sp³-hybridized carbons (Fsp3) is 0.364. The van der Waals surface area contributed by atoms with Crippen LogP contribution in [-0.4, -0.2) is 38.4 Å². The minimum atomic E-state index is -4.40. The highest BCUT2D eigenvalue weighted by Gasteiger charge is 2.33. The molecule has 1 amide bonds. The van der Waals surface area contributed by atoms with E-state index in [1.54, 1.807) is 12.1 Å². The molecule has 0 saturated heterocycles. The van der Waals surface area contributed by atoms with Crippen LogP contribution in [0.5, 0.6) is 5.75 Å². The number of phenols is 1. The summed E-state index contributed by atoms with van der Waals surface area (Å²) >= 11 is 0. The van der Waals surface area contributed by atoms with Crippen LogP contribution >= 0.6 is 0 Å². The molecular formula is C22H25F3N2O2Si. The summed E-state index contributed by atoms with van der Waals surface area (Å²) in [5.41, 5.74) is 11.6. The largest absolute Gasteiger partial charge is 0.508 e. The number of allylic oxidation sites excluding steroid dienone is 4. The van der Waals surface area contributed by atoms with Crippen LogP contribution in [0.25, 0.3) is 0 Å². The fourth-order valence-corrected chi connectivity index (χ4v) is 3.75. The Kier molecular flexibility index (Phi) is 7.52. The zero-order valence-electron chi connectivity index (χ0n) is 17.2. The number of hydrogen-bond acceptors (Lipinski definition) is 3. The van der Waals surface area contributed by atoms with Crippen molar-refractivity contribution in [3.05, 3.63) is 70.0 Å². The third-order valence-electron chi connectivity index (χ3n) is 4.95. The van der Waals surface area contributed by atoms with Crippen molar-refractivity contribution in [3.8, 4) is 5.75 Å². The Morgan fingerprint density at radius 2 is 1.97 bits per heavy atom. The molecular weight excluding hydrogens is 409 g/mol. The van der Waals surface area contributed by atoms with E-state index in [2.05, 4.69) is 11.0 Å². The number of aryl methyl sites for hydroxylation is 2. The van der Waals surface area contributed by atoms with E-state index in [0.29, 0.717) is 15.9 Å². The van der Waals surface area contributed by atoms with Crippen molar-refractivity contribution in [2.75, 3.05) is 6.54 Å². The van der Waals surface area contributed by atoms with Crippen molar-refractivity contribution in [2.24, 2.45) is 5.73 Å². The van der Waals surface area contributed by atoms with Crippen LogP contribution in [0.3, 0.4) is 0 Å². The summed E-state index contributed by atoms with van der Waals surface area (Å²) in [7, 11) is 0.333. The van der Waals surface area contributed by atoms with Gasteiger partial charge in [0.05, 0.1) is 9.52 Å². The molecule has 2 radical (unpaired) electrons. The number of halogens is 3. The van der Waals surface area contributed by atoms with Gasteiger partial charge < -0.3 is 16.2 Å². The maximum Gasteiger partial charge on any atom is 0.413 e. The summed E-state index contributed by atoms with van der Waals surface area (Å²) < 4.78 is 38.4. The quantitative estimate of drug-likeness (QED) is 0.349. The zero-order valence-corrected chi connectivity index (χ0v) is 18.2. The molecule has 0 spiro atoms. The number of hydrogen-bond donors (Lipinski definition) is 3. The number of nitrogens with two attached hydrogens (primary N) is 1. The third kappa shape index (κ3) is 6.48. The van der Waals surface area contributed by atoms with Crippen molar-refractivity contribution in [3.63, 3.8) is 0 Å². The third-order valence-corrected chi connectivity index (χ3v) is 6.30. The molecule has 0 saturated carbocycles. The van der Waals surface area contributed by atoms with Crippen molar-refractivity contribution in [2.45, 2.75) is 44.6 Å². The number of amides is 1. The molecule has 0 fully saturated rings. The van der Waals surface area contributed by atoms with Gasteiger partial charge in [0.2, 0.25) is 5.91 Å². The van der Waals surface area contributed by atoms with Gasteiger partial charge in [-0.05, 0) is 67.3 Å². The average molecular weight is 435 g/mol. The first-order chi connectivity index (χ1) is 13.9. The summed E-state index contributed by atoms with van der Waals surface area (Å²) in [5.74, 6) is -0.244. The molecule has 4 N–H and O–H groups in total. The van der Waals surface area contributed by atoms with Gasteiger partial charge in [0.1, 0.15) is 5.75 Å². The lowest BCUT2D eigenvalue weighted by atomic mass is 9.95. The second kappa shape index (κ2) is 9.51. The highest BCUT2D eigenvalue weighted by molar-refractivity contribution is 6.38. The predicted molar refractivity (Wildman–Crippen MR) is 112 cm³/mol. The van der Waals surface area contributed by atoms with Crippen molar-refractivity contribution >= 4 is 15.4 Å². The van der Waals surface area contributed by atoms with Crippen LogP contribution in [0.1, 0.15) is 23.1 Å². The van der Waals surface area contributed by atoms with E-state index in [-0.39, 0.29) is 24.3 Å². The minimum Gasteiger partial charge on any atom is -0.508 e. The van der Waals surface area contributed by atoms with E-state index >= 15 is 0 Å². The van der Waals surface area contributed by atoms with Crippen LogP contribution in [0, 0.1) is 13.8 Å². The fourth-order valence-electron chi connectivity index (χ4n) is 3.13. The highest BCUT2D eigenvalue weighted by atomic mass is 28.2. The monoisotopic (exact) mass is 434 g/mol. The van der Waals surface area contributed by atoms with Gasteiger partial charge in [0.15, 0.2) is 0 Å². The van der Waals surface area contributed by atoms with E-state index in [1.165, 1.54) is 18.2 Å². The van der Waals surface area contributed by atoms with E-state index in [4.69, 9.17) is 5.73 Å². The molecule has 1 aliphatic carbocycles. The average Bonchev–Trinajstić information content (AvgIpc) is 2.67. The number of alkyl halides is 3. The maximum atomic E-state index is 12.8. The van der Waals surface area contributed by atoms with Crippen LogP contribution in [0.4, 0.5) is 13.2 Å². The van der Waals surface area contributed by atoms with Crippen molar-refractivity contribution < 1.29 is 23.1 Å². The standard InChI is InChI=1S/C22H25F3N2O2Si/c1-14-9-18(28)10-15(2)19(14)12-21(26,30-3)13-27-20(29)8-7-16-5-4-6-17(11-16)22(23,24)25/h4,7-11,28H,6,12-13,26H2,1-3H3,(H,27,29)/b8-7+/t21-/m0/s1. The van der Waals surface area contributed by atoms with E-state index in [1.807, 2.05) is 20.4 Å². The number of phenolic OH excluding ortho intramolecular Hbond substituents is 1. The van der Waals surface area contributed by atoms with Gasteiger partial charge in [0.25, 0.3) is 0 Å². The van der Waals surface area contributed by atoms with Crippen molar-refractivity contribution in [1.82, 2.24) is 5.32 Å². The maximum absolute atomic E-state index is 12.8. The summed E-state index contributed by atoms with van der Waals surface area (Å²) in [5, 5.41) is 11.8. The van der Waals surface area contributed by atoms with Crippen LogP contribution < -0.4 is 11.1 Å². The first kappa shape index (κ1) is 23.7. The lowest BCUT2D eigenvalue weighted by Gasteiger charge is -2.29. The van der Waals surface area contributed by atoms with Crippen LogP contribution in [0.15, 0.2) is 53.3 Å². The number of carbonyl (C=O) groups is 1. The SMILES string of the molecule is C[Si][C@](N)(CNC(=O)/C=C/C1=C=CCC(C(F)(F)F)=C1)Cc1c(C)cc(O)cc1C. The molecule has 0 bridgehead atoms. The molecule has 0 aliphatic heterocycles. The molecule has 1 aliphatic rings. The highest BCUT2D eigenvalue weighted by Crippen LogP contribution is 2.31. The van der Waals surface area contributed by atoms with E-state index in [9.17, 15) is 23.1 Å². The second-order valence-corrected chi connectivity index (χ2v) is 8.86. The molecule has 160 valence electrons. The number of nitrogens with one attached hydrogen (secondary N) is 1. The predicted octanol–water partition coefficient (Wildman–Crippen LogP) is 3.61. The van der Waals surface area contributed by atoms with E-state index in [0.717, 1.165) is 22.8 Å². The first-order valence-corrected chi connectivity index (χ1v) is 10.9. The molecule has 0 heterocycles. The second-order valence-electron chi connectivity index (χ2n) is 7.37. The smallest absolute Gasteiger partial charge is 0.413 e. The molecule has 8 heteroatoms. The van der Waals surface area contributed by atoms with Gasteiger partial charge in [-0.3, -0.25) is 4.79 Å². The Morgan fingerprint density at radius 3 is 2.53 bits per heavy atom. The lowest BCUT2D eigenvalue weighted by Crippen LogP contribution is -2.55. The first-order valence-electron chi connectivity index (χ1n) is 9.39. The molecule has 1 atom stereocenters. The molecule has 1 aromatic carbocycles. The molecule has 0 unspecified atom stereocenters. The van der Waals surface area contributed by atoms with Gasteiger partial charge >= 0.3 is 6.18 Å². The number of benzene rings is 1. The Balaban J connectivity index is 2.03. The number of rotatable bonds is 7. The molecule has 4 nitrogen and oxygen atoms in total. The van der Waals surface area contributed by atoms with Gasteiger partial charge in [0, 0.05) is 35.4 Å². The van der Waals surface area contributed by atoms with Gasteiger partial charge in [-0.2, -0.15) is 13.2 Å². The summed E-state index contributed by atoms with van der Waals surface area (Å²) in [6.45, 7) is 5.96. The number of carbonyl (C=O) groups excluding carboxylic acids is 1. The Bertz CT molecular complexity index is 921. The Hall–Kier alpha value is -2.54. The minimum absolute atomic E-state index is 0.190. The molecule has 30 heavy (non-hydrogen) atoms. The van der Waals surface area contributed by atoms with Crippen LogP contribution in [0.2, 0.25) is 6.55 Å². The topological polar surface area (TPSA) is 75.3 Å². The Morgan fingerprint density at radius 1 is 1.33 bits per heavy atom. The normalized spacial score (nSPS) is 16.2. The van der Waals surface area contributed by atoms with Gasteiger partial charge in [-0.15, -0.1) is 5.73 Å². The summed E-state index contributed by atoms with van der Waals surface area (Å²) in [4.78, 5) is 12.2. The van der Waals surface area contributed by atoms with Gasteiger partial charge in [-0.1, -0.05) is 6.55 Å². The van der Waals surface area contributed by atoms with Crippen molar-refractivity contribution in [1.29, 1.82) is 0 Å². The van der Waals surface area contributed by atoms with Crippen LogP contribution in [-0.2, 0) is 11.2 Å². The zero-order chi connectivity index (χ0) is 22.5. The lowest BCUT2D eigenvalue weighted by molar-refractivity contribution is -0.116. The molecule has 0 aromatic heterocycles. The Labute approximate surface area is 176 Å². The summed E-state index contributed by atoms with van der Waals surface area (Å²) in [6, 6.07) is 3.36. The van der Waals surface area contributed by atoms with Gasteiger partial charge in [-0.25, -0.2) is 0 Å². The number of aromatic hydroxyl groups is 1.